The van der Waals surface area contributed by atoms with Gasteiger partial charge in [-0.3, -0.25) is 9.59 Å². The SMILES string of the molecule is COc1cc(C2CCN(C(=O)C(=O)N(C)C)CC2)ccc1Nc1nc(NC2CCCCC2)c2[nH]cnc2n1. The molecule has 0 unspecified atom stereocenters. The molecule has 1 saturated carbocycles. The largest absolute Gasteiger partial charge is 0.495 e. The van der Waals surface area contributed by atoms with Crippen LogP contribution in [0.5, 0.6) is 5.75 Å². The van der Waals surface area contributed by atoms with Crippen molar-refractivity contribution in [2.75, 3.05) is 44.9 Å². The smallest absolute Gasteiger partial charge is 0.312 e. The number of likely N-dealkylation sites (N-methyl/N-ethyl adjacent to an activating group) is 1. The van der Waals surface area contributed by atoms with Gasteiger partial charge in [0, 0.05) is 33.2 Å². The molecule has 3 heterocycles. The zero-order chi connectivity index (χ0) is 26.6. The number of piperidine rings is 1. The molecule has 0 radical (unpaired) electrons. The molecule has 202 valence electrons. The Bertz CT molecular complexity index is 1290. The van der Waals surface area contributed by atoms with Crippen molar-refractivity contribution in [1.82, 2.24) is 29.7 Å². The summed E-state index contributed by atoms with van der Waals surface area (Å²) in [6.45, 7) is 1.11. The van der Waals surface area contributed by atoms with Crippen molar-refractivity contribution in [2.45, 2.75) is 56.9 Å². The van der Waals surface area contributed by atoms with Crippen LogP contribution in [0.1, 0.15) is 56.4 Å². The molecule has 1 aliphatic carbocycles. The van der Waals surface area contributed by atoms with Crippen LogP contribution in [-0.4, -0.2) is 81.9 Å². The highest BCUT2D eigenvalue weighted by Gasteiger charge is 2.29. The van der Waals surface area contributed by atoms with Crippen molar-refractivity contribution in [2.24, 2.45) is 0 Å². The van der Waals surface area contributed by atoms with Gasteiger partial charge in [-0.05, 0) is 49.3 Å². The van der Waals surface area contributed by atoms with E-state index in [1.165, 1.54) is 24.2 Å². The molecule has 11 nitrogen and oxygen atoms in total. The summed E-state index contributed by atoms with van der Waals surface area (Å²) in [4.78, 5) is 44.3. The number of rotatable bonds is 6. The highest BCUT2D eigenvalue weighted by Crippen LogP contribution is 2.35. The van der Waals surface area contributed by atoms with E-state index in [0.717, 1.165) is 48.3 Å². The molecule has 38 heavy (non-hydrogen) atoms. The van der Waals surface area contributed by atoms with Crippen LogP contribution in [0.25, 0.3) is 11.2 Å². The quantitative estimate of drug-likeness (QED) is 0.420. The van der Waals surface area contributed by atoms with E-state index < -0.39 is 11.8 Å². The van der Waals surface area contributed by atoms with Crippen LogP contribution in [0.2, 0.25) is 0 Å². The fourth-order valence-corrected chi connectivity index (χ4v) is 5.36. The Morgan fingerprint density at radius 1 is 1.08 bits per heavy atom. The van der Waals surface area contributed by atoms with Crippen molar-refractivity contribution in [3.8, 4) is 5.75 Å². The van der Waals surface area contributed by atoms with Crippen LogP contribution in [0.4, 0.5) is 17.5 Å². The zero-order valence-electron chi connectivity index (χ0n) is 22.3. The van der Waals surface area contributed by atoms with E-state index in [4.69, 9.17) is 9.72 Å². The second kappa shape index (κ2) is 11.2. The lowest BCUT2D eigenvalue weighted by molar-refractivity contribution is -0.150. The van der Waals surface area contributed by atoms with E-state index in [9.17, 15) is 9.59 Å². The first-order valence-corrected chi connectivity index (χ1v) is 13.4. The summed E-state index contributed by atoms with van der Waals surface area (Å²) in [5.74, 6) is 1.26. The third-order valence-electron chi connectivity index (χ3n) is 7.55. The maximum atomic E-state index is 12.4. The number of aromatic amines is 1. The minimum atomic E-state index is -0.479. The van der Waals surface area contributed by atoms with Gasteiger partial charge in [0.25, 0.3) is 0 Å². The number of carbonyl (C=O) groups excluding carboxylic acids is 2. The average molecular weight is 521 g/mol. The Labute approximate surface area is 222 Å². The summed E-state index contributed by atoms with van der Waals surface area (Å²) in [6, 6.07) is 6.48. The topological polar surface area (TPSA) is 128 Å². The van der Waals surface area contributed by atoms with Crippen molar-refractivity contribution in [1.29, 1.82) is 0 Å². The first kappa shape index (κ1) is 25.7. The van der Waals surface area contributed by atoms with Crippen molar-refractivity contribution < 1.29 is 14.3 Å². The number of likely N-dealkylation sites (tertiary alicyclic amines) is 1. The zero-order valence-corrected chi connectivity index (χ0v) is 22.3. The number of aromatic nitrogens is 4. The van der Waals surface area contributed by atoms with Gasteiger partial charge < -0.3 is 30.2 Å². The standard InChI is InChI=1S/C27H36N8O3/c1-34(2)25(36)26(37)35-13-11-17(12-14-35)18-9-10-20(21(15-18)38-3)31-27-32-23-22(28-16-29-23)24(33-27)30-19-7-5-4-6-8-19/h9-10,15-17,19H,4-8,11-14H2,1-3H3,(H3,28,29,30,31,32,33). The van der Waals surface area contributed by atoms with E-state index in [0.29, 0.717) is 36.5 Å². The van der Waals surface area contributed by atoms with Gasteiger partial charge in [0.15, 0.2) is 11.5 Å². The number of hydrogen-bond donors (Lipinski definition) is 3. The molecule has 5 rings (SSSR count). The number of nitrogens with zero attached hydrogens (tertiary/aromatic N) is 5. The molecular weight excluding hydrogens is 484 g/mol. The number of amides is 2. The van der Waals surface area contributed by atoms with E-state index in [1.54, 1.807) is 32.4 Å². The minimum absolute atomic E-state index is 0.277. The molecule has 0 bridgehead atoms. The third-order valence-corrected chi connectivity index (χ3v) is 7.55. The third kappa shape index (κ3) is 5.51. The first-order chi connectivity index (χ1) is 18.4. The maximum Gasteiger partial charge on any atom is 0.312 e. The monoisotopic (exact) mass is 520 g/mol. The number of anilines is 3. The molecule has 0 spiro atoms. The van der Waals surface area contributed by atoms with Gasteiger partial charge in [0.1, 0.15) is 11.3 Å². The highest BCUT2D eigenvalue weighted by atomic mass is 16.5. The Kier molecular flexibility index (Phi) is 7.62. The van der Waals surface area contributed by atoms with Crippen LogP contribution < -0.4 is 15.4 Å². The highest BCUT2D eigenvalue weighted by molar-refractivity contribution is 6.34. The molecule has 0 atom stereocenters. The Morgan fingerprint density at radius 3 is 2.55 bits per heavy atom. The van der Waals surface area contributed by atoms with Gasteiger partial charge in [-0.1, -0.05) is 25.3 Å². The Morgan fingerprint density at radius 2 is 1.84 bits per heavy atom. The fourth-order valence-electron chi connectivity index (χ4n) is 5.36. The number of benzene rings is 1. The van der Waals surface area contributed by atoms with Gasteiger partial charge in [-0.2, -0.15) is 9.97 Å². The average Bonchev–Trinajstić information content (AvgIpc) is 3.42. The van der Waals surface area contributed by atoms with E-state index in [2.05, 4.69) is 31.7 Å². The number of H-pyrrole nitrogens is 1. The Balaban J connectivity index is 1.29. The van der Waals surface area contributed by atoms with Gasteiger partial charge in [-0.15, -0.1) is 0 Å². The van der Waals surface area contributed by atoms with Crippen molar-refractivity contribution >= 4 is 40.4 Å². The molecule has 1 aliphatic heterocycles. The molecule has 3 aromatic rings. The molecule has 2 aromatic heterocycles. The van der Waals surface area contributed by atoms with Gasteiger partial charge in [0.05, 0.1) is 19.1 Å². The number of imidazole rings is 1. The summed E-state index contributed by atoms with van der Waals surface area (Å²) in [7, 11) is 4.84. The molecule has 1 aromatic carbocycles. The Hall–Kier alpha value is -3.89. The number of nitrogens with one attached hydrogen (secondary N) is 3. The van der Waals surface area contributed by atoms with Crippen LogP contribution in [-0.2, 0) is 9.59 Å². The predicted octanol–water partition coefficient (Wildman–Crippen LogP) is 3.64. The molecule has 2 amide bonds. The van der Waals surface area contributed by atoms with Crippen LogP contribution in [0, 0.1) is 0 Å². The minimum Gasteiger partial charge on any atom is -0.495 e. The van der Waals surface area contributed by atoms with Crippen molar-refractivity contribution in [3.05, 3.63) is 30.1 Å². The maximum absolute atomic E-state index is 12.4. The number of ether oxygens (including phenoxy) is 1. The van der Waals surface area contributed by atoms with Crippen LogP contribution >= 0.6 is 0 Å². The van der Waals surface area contributed by atoms with Crippen LogP contribution in [0.3, 0.4) is 0 Å². The second-order valence-corrected chi connectivity index (χ2v) is 10.3. The predicted molar refractivity (Wildman–Crippen MR) is 146 cm³/mol. The number of methoxy groups -OCH3 is 1. The molecule has 3 N–H and O–H groups in total. The summed E-state index contributed by atoms with van der Waals surface area (Å²) < 4.78 is 5.72. The number of fused-ring (bicyclic) bond motifs is 1. The van der Waals surface area contributed by atoms with Gasteiger partial charge in [0.2, 0.25) is 5.95 Å². The number of carbonyl (C=O) groups is 2. The molecule has 1 saturated heterocycles. The first-order valence-electron chi connectivity index (χ1n) is 13.4. The fraction of sp³-hybridized carbons (Fsp3) is 0.519. The summed E-state index contributed by atoms with van der Waals surface area (Å²) >= 11 is 0. The molecule has 2 aliphatic rings. The lowest BCUT2D eigenvalue weighted by Crippen LogP contribution is -2.45. The van der Waals surface area contributed by atoms with Crippen LogP contribution in [0.15, 0.2) is 24.5 Å². The second-order valence-electron chi connectivity index (χ2n) is 10.3. The number of hydrogen-bond acceptors (Lipinski definition) is 8. The lowest BCUT2D eigenvalue weighted by Gasteiger charge is -2.32. The summed E-state index contributed by atoms with van der Waals surface area (Å²) in [5, 5.41) is 6.92. The molecule has 11 heteroatoms. The molecular formula is C27H36N8O3. The summed E-state index contributed by atoms with van der Waals surface area (Å²) in [6.07, 6.45) is 9.24. The van der Waals surface area contributed by atoms with Gasteiger partial charge >= 0.3 is 11.8 Å². The van der Waals surface area contributed by atoms with E-state index in [1.807, 2.05) is 12.1 Å². The molecule has 2 fully saturated rings. The normalized spacial score (nSPS) is 16.9. The van der Waals surface area contributed by atoms with E-state index in [-0.39, 0.29) is 5.92 Å². The van der Waals surface area contributed by atoms with Gasteiger partial charge in [-0.25, -0.2) is 4.98 Å². The van der Waals surface area contributed by atoms with Crippen molar-refractivity contribution in [3.63, 3.8) is 0 Å². The summed E-state index contributed by atoms with van der Waals surface area (Å²) in [5.41, 5.74) is 3.31. The lowest BCUT2D eigenvalue weighted by atomic mass is 9.89. The van der Waals surface area contributed by atoms with E-state index >= 15 is 0 Å².